The van der Waals surface area contributed by atoms with E-state index in [4.69, 9.17) is 0 Å². The SMILES string of the molecule is CCCCCCCCCC(=O)N1C(=O)CCCC1=O. The summed E-state index contributed by atoms with van der Waals surface area (Å²) < 4.78 is 0. The third-order valence-corrected chi connectivity index (χ3v) is 3.52. The van der Waals surface area contributed by atoms with Crippen LogP contribution in [0.1, 0.15) is 77.6 Å². The van der Waals surface area contributed by atoms with E-state index >= 15 is 0 Å². The largest absolute Gasteiger partial charge is 0.274 e. The minimum absolute atomic E-state index is 0.303. The molecule has 0 aromatic carbocycles. The lowest BCUT2D eigenvalue weighted by Crippen LogP contribution is -2.44. The molecule has 19 heavy (non-hydrogen) atoms. The van der Waals surface area contributed by atoms with Gasteiger partial charge >= 0.3 is 0 Å². The first-order valence-electron chi connectivity index (χ1n) is 7.55. The Balaban J connectivity index is 2.16. The fourth-order valence-corrected chi connectivity index (χ4v) is 2.38. The van der Waals surface area contributed by atoms with Gasteiger partial charge < -0.3 is 0 Å². The number of piperidine rings is 1. The number of hydrogen-bond acceptors (Lipinski definition) is 3. The van der Waals surface area contributed by atoms with E-state index in [1.807, 2.05) is 0 Å². The van der Waals surface area contributed by atoms with E-state index in [1.165, 1.54) is 25.7 Å². The van der Waals surface area contributed by atoms with Crippen molar-refractivity contribution in [2.45, 2.75) is 77.6 Å². The fourth-order valence-electron chi connectivity index (χ4n) is 2.38. The number of hydrogen-bond donors (Lipinski definition) is 0. The first kappa shape index (κ1) is 15.9. The molecule has 0 aromatic heterocycles. The zero-order valence-electron chi connectivity index (χ0n) is 12.0. The summed E-state index contributed by atoms with van der Waals surface area (Å²) in [5.41, 5.74) is 0. The van der Waals surface area contributed by atoms with Crippen LogP contribution in [0.2, 0.25) is 0 Å². The van der Waals surface area contributed by atoms with Crippen molar-refractivity contribution in [2.24, 2.45) is 0 Å². The van der Waals surface area contributed by atoms with Gasteiger partial charge in [0, 0.05) is 19.3 Å². The number of carbonyl (C=O) groups excluding carboxylic acids is 3. The Hall–Kier alpha value is -1.19. The third-order valence-electron chi connectivity index (χ3n) is 3.52. The lowest BCUT2D eigenvalue weighted by Gasteiger charge is -2.22. The molecule has 1 rings (SSSR count). The van der Waals surface area contributed by atoms with E-state index in [-0.39, 0.29) is 17.7 Å². The van der Waals surface area contributed by atoms with E-state index < -0.39 is 0 Å². The highest BCUT2D eigenvalue weighted by atomic mass is 16.2. The average Bonchev–Trinajstić information content (AvgIpc) is 2.37. The van der Waals surface area contributed by atoms with Crippen LogP contribution < -0.4 is 0 Å². The summed E-state index contributed by atoms with van der Waals surface area (Å²) in [5.74, 6) is -0.934. The smallest absolute Gasteiger partial charge is 0.236 e. The summed E-state index contributed by atoms with van der Waals surface area (Å²) in [6, 6.07) is 0. The Morgan fingerprint density at radius 3 is 2.05 bits per heavy atom. The summed E-state index contributed by atoms with van der Waals surface area (Å²) in [5, 5.41) is 0. The van der Waals surface area contributed by atoms with Crippen molar-refractivity contribution in [1.29, 1.82) is 0 Å². The van der Waals surface area contributed by atoms with Crippen LogP contribution in [0.15, 0.2) is 0 Å². The maximum Gasteiger partial charge on any atom is 0.236 e. The van der Waals surface area contributed by atoms with E-state index in [9.17, 15) is 14.4 Å². The standard InChI is InChI=1S/C15H25NO3/c1-2-3-4-5-6-7-8-10-13(17)16-14(18)11-9-12-15(16)19/h2-12H2,1H3. The zero-order valence-corrected chi connectivity index (χ0v) is 12.0. The van der Waals surface area contributed by atoms with Gasteiger partial charge in [0.1, 0.15) is 0 Å². The number of amides is 3. The van der Waals surface area contributed by atoms with Gasteiger partial charge in [0.2, 0.25) is 17.7 Å². The highest BCUT2D eigenvalue weighted by molar-refractivity contribution is 6.12. The van der Waals surface area contributed by atoms with Gasteiger partial charge in [-0.3, -0.25) is 14.4 Å². The highest BCUT2D eigenvalue weighted by Gasteiger charge is 2.30. The van der Waals surface area contributed by atoms with Crippen LogP contribution in [0.25, 0.3) is 0 Å². The molecule has 3 amide bonds. The van der Waals surface area contributed by atoms with Crippen LogP contribution in [-0.2, 0) is 14.4 Å². The van der Waals surface area contributed by atoms with E-state index in [0.29, 0.717) is 25.7 Å². The second-order valence-corrected chi connectivity index (χ2v) is 5.24. The lowest BCUT2D eigenvalue weighted by atomic mass is 10.1. The van der Waals surface area contributed by atoms with Crippen LogP contribution >= 0.6 is 0 Å². The van der Waals surface area contributed by atoms with E-state index in [1.54, 1.807) is 0 Å². The molecule has 0 N–H and O–H groups in total. The molecule has 1 aliphatic rings. The molecular formula is C15H25NO3. The molecule has 0 aromatic rings. The summed E-state index contributed by atoms with van der Waals surface area (Å²) in [4.78, 5) is 35.8. The highest BCUT2D eigenvalue weighted by Crippen LogP contribution is 2.15. The number of carbonyl (C=O) groups is 3. The van der Waals surface area contributed by atoms with Gasteiger partial charge in [0.25, 0.3) is 0 Å². The quantitative estimate of drug-likeness (QED) is 0.501. The van der Waals surface area contributed by atoms with Crippen LogP contribution in [0.4, 0.5) is 0 Å². The molecular weight excluding hydrogens is 242 g/mol. The van der Waals surface area contributed by atoms with Crippen molar-refractivity contribution in [3.8, 4) is 0 Å². The van der Waals surface area contributed by atoms with Crippen molar-refractivity contribution < 1.29 is 14.4 Å². The summed E-state index contributed by atoms with van der Waals surface area (Å²) in [7, 11) is 0. The topological polar surface area (TPSA) is 54.5 Å². The number of unbranched alkanes of at least 4 members (excludes halogenated alkanes) is 6. The Morgan fingerprint density at radius 1 is 0.947 bits per heavy atom. The monoisotopic (exact) mass is 267 g/mol. The molecule has 0 saturated carbocycles. The van der Waals surface area contributed by atoms with Gasteiger partial charge in [-0.25, -0.2) is 4.90 Å². The molecule has 1 saturated heterocycles. The van der Waals surface area contributed by atoms with Gasteiger partial charge in [0.15, 0.2) is 0 Å². The predicted octanol–water partition coefficient (Wildman–Crippen LogP) is 3.19. The van der Waals surface area contributed by atoms with E-state index in [0.717, 1.165) is 24.2 Å². The van der Waals surface area contributed by atoms with Gasteiger partial charge in [-0.05, 0) is 12.8 Å². The molecule has 1 aliphatic heterocycles. The molecule has 0 bridgehead atoms. The summed E-state index contributed by atoms with van der Waals surface area (Å²) in [6.45, 7) is 2.19. The van der Waals surface area contributed by atoms with Crippen molar-refractivity contribution in [2.75, 3.05) is 0 Å². The van der Waals surface area contributed by atoms with Gasteiger partial charge in [-0.1, -0.05) is 45.4 Å². The van der Waals surface area contributed by atoms with Crippen LogP contribution in [-0.4, -0.2) is 22.6 Å². The first-order chi connectivity index (χ1) is 9.16. The van der Waals surface area contributed by atoms with Crippen LogP contribution in [0.5, 0.6) is 0 Å². The normalized spacial score (nSPS) is 15.9. The molecule has 0 unspecified atom stereocenters. The Bertz CT molecular complexity index is 309. The molecule has 1 heterocycles. The Morgan fingerprint density at radius 2 is 1.47 bits per heavy atom. The van der Waals surface area contributed by atoms with Crippen molar-refractivity contribution in [3.05, 3.63) is 0 Å². The maximum absolute atomic E-state index is 11.8. The van der Waals surface area contributed by atoms with Crippen molar-refractivity contribution >= 4 is 17.7 Å². The Labute approximate surface area is 115 Å². The summed E-state index contributed by atoms with van der Waals surface area (Å²) in [6.07, 6.45) is 9.46. The van der Waals surface area contributed by atoms with Gasteiger partial charge in [-0.15, -0.1) is 0 Å². The summed E-state index contributed by atoms with van der Waals surface area (Å²) >= 11 is 0. The van der Waals surface area contributed by atoms with E-state index in [2.05, 4.69) is 6.92 Å². The zero-order chi connectivity index (χ0) is 14.1. The number of likely N-dealkylation sites (tertiary alicyclic amines) is 1. The molecule has 0 atom stereocenters. The average molecular weight is 267 g/mol. The molecule has 1 fully saturated rings. The van der Waals surface area contributed by atoms with Crippen molar-refractivity contribution in [1.82, 2.24) is 4.90 Å². The molecule has 4 heteroatoms. The molecule has 0 radical (unpaired) electrons. The maximum atomic E-state index is 11.8. The van der Waals surface area contributed by atoms with Gasteiger partial charge in [-0.2, -0.15) is 0 Å². The predicted molar refractivity (Wildman–Crippen MR) is 73.3 cm³/mol. The lowest BCUT2D eigenvalue weighted by molar-refractivity contribution is -0.156. The molecule has 108 valence electrons. The second-order valence-electron chi connectivity index (χ2n) is 5.24. The minimum Gasteiger partial charge on any atom is -0.274 e. The molecule has 0 spiro atoms. The fraction of sp³-hybridized carbons (Fsp3) is 0.800. The number of imide groups is 3. The Kier molecular flexibility index (Phi) is 7.38. The molecule has 4 nitrogen and oxygen atoms in total. The number of rotatable bonds is 8. The molecule has 0 aliphatic carbocycles. The van der Waals surface area contributed by atoms with Gasteiger partial charge in [0.05, 0.1) is 0 Å². The second kappa shape index (κ2) is 8.83. The van der Waals surface area contributed by atoms with Crippen molar-refractivity contribution in [3.63, 3.8) is 0 Å². The minimum atomic E-state index is -0.316. The third kappa shape index (κ3) is 5.53. The first-order valence-corrected chi connectivity index (χ1v) is 7.55. The number of nitrogens with zero attached hydrogens (tertiary/aromatic N) is 1. The van der Waals surface area contributed by atoms with Crippen LogP contribution in [0.3, 0.4) is 0 Å². The van der Waals surface area contributed by atoms with Crippen LogP contribution in [0, 0.1) is 0 Å².